The zero-order valence-corrected chi connectivity index (χ0v) is 17.3. The third-order valence-corrected chi connectivity index (χ3v) is 5.26. The molecule has 7 heteroatoms. The van der Waals surface area contributed by atoms with E-state index in [1.807, 2.05) is 24.3 Å². The Hall–Kier alpha value is -4.39. The lowest BCUT2D eigenvalue weighted by Gasteiger charge is -2.09. The highest BCUT2D eigenvalue weighted by molar-refractivity contribution is 6.02. The van der Waals surface area contributed by atoms with Gasteiger partial charge < -0.3 is 10.3 Å². The number of aromatic amines is 1. The molecule has 3 heterocycles. The topological polar surface area (TPSA) is 70.7 Å². The number of H-pyrrole nitrogens is 1. The molecule has 0 atom stereocenters. The number of aromatic nitrogens is 3. The van der Waals surface area contributed by atoms with Crippen LogP contribution in [0.1, 0.15) is 5.56 Å². The summed E-state index contributed by atoms with van der Waals surface area (Å²) < 4.78 is 27.1. The predicted octanol–water partition coefficient (Wildman–Crippen LogP) is 5.75. The maximum absolute atomic E-state index is 14.0. The van der Waals surface area contributed by atoms with Crippen LogP contribution in [0.15, 0.2) is 85.2 Å². The molecule has 0 saturated carbocycles. The first-order valence-electron chi connectivity index (χ1n) is 10.3. The van der Waals surface area contributed by atoms with Crippen LogP contribution in [0, 0.1) is 11.6 Å². The largest absolute Gasteiger partial charge is 0.353 e. The minimum atomic E-state index is -0.351. The van der Waals surface area contributed by atoms with E-state index in [1.165, 1.54) is 24.3 Å². The maximum atomic E-state index is 14.0. The summed E-state index contributed by atoms with van der Waals surface area (Å²) in [5.74, 6) is -0.589. The fraction of sp³-hybridized carbons (Fsp3) is 0.0385. The summed E-state index contributed by atoms with van der Waals surface area (Å²) in [7, 11) is 0. The molecule has 5 aromatic rings. The molecule has 1 amide bonds. The van der Waals surface area contributed by atoms with Crippen molar-refractivity contribution in [3.63, 3.8) is 0 Å². The number of hydrogen-bond acceptors (Lipinski definition) is 3. The standard InChI is InChI=1S/C26H18F2N4O/c27-19-8-6-16(7-9-19)13-23(33)32-22-15-18(10-12-29-22)25-24(17-3-1-4-20(28)14-17)26-21(31-25)5-2-11-30-26/h1-12,14-15,31H,13H2,(H,29,32,33). The number of rotatable bonds is 5. The lowest BCUT2D eigenvalue weighted by molar-refractivity contribution is -0.115. The van der Waals surface area contributed by atoms with E-state index in [0.717, 1.165) is 27.9 Å². The number of carbonyl (C=O) groups excluding carboxylic acids is 1. The molecule has 0 aliphatic carbocycles. The first-order valence-corrected chi connectivity index (χ1v) is 10.3. The fourth-order valence-electron chi connectivity index (χ4n) is 3.79. The third kappa shape index (κ3) is 4.34. The Balaban J connectivity index is 1.50. The minimum Gasteiger partial charge on any atom is -0.353 e. The number of nitrogens with zero attached hydrogens (tertiary/aromatic N) is 2. The SMILES string of the molecule is O=C(Cc1ccc(F)cc1)Nc1cc(-c2[nH]c3cccnc3c2-c2cccc(F)c2)ccn1. The third-order valence-electron chi connectivity index (χ3n) is 5.26. The lowest BCUT2D eigenvalue weighted by Crippen LogP contribution is -2.15. The van der Waals surface area contributed by atoms with E-state index in [0.29, 0.717) is 16.9 Å². The van der Waals surface area contributed by atoms with Gasteiger partial charge >= 0.3 is 0 Å². The van der Waals surface area contributed by atoms with E-state index in [-0.39, 0.29) is 24.0 Å². The van der Waals surface area contributed by atoms with Gasteiger partial charge in [0.15, 0.2) is 0 Å². The van der Waals surface area contributed by atoms with Crippen LogP contribution >= 0.6 is 0 Å². The van der Waals surface area contributed by atoms with Crippen LogP contribution in [0.5, 0.6) is 0 Å². The minimum absolute atomic E-state index is 0.0943. The number of nitrogens with one attached hydrogen (secondary N) is 2. The molecule has 0 saturated heterocycles. The molecule has 5 rings (SSSR count). The summed E-state index contributed by atoms with van der Waals surface area (Å²) in [6.45, 7) is 0. The number of hydrogen-bond donors (Lipinski definition) is 2. The molecule has 2 N–H and O–H groups in total. The summed E-state index contributed by atoms with van der Waals surface area (Å²) in [4.78, 5) is 24.6. The number of amides is 1. The van der Waals surface area contributed by atoms with Crippen LogP contribution in [0.25, 0.3) is 33.4 Å². The highest BCUT2D eigenvalue weighted by Crippen LogP contribution is 2.37. The van der Waals surface area contributed by atoms with Crippen molar-refractivity contribution in [1.82, 2.24) is 15.0 Å². The number of fused-ring (bicyclic) bond motifs is 1. The zero-order chi connectivity index (χ0) is 22.8. The predicted molar refractivity (Wildman–Crippen MR) is 123 cm³/mol. The Morgan fingerprint density at radius 3 is 2.52 bits per heavy atom. The molecule has 0 radical (unpaired) electrons. The van der Waals surface area contributed by atoms with Crippen LogP contribution < -0.4 is 5.32 Å². The van der Waals surface area contributed by atoms with Crippen molar-refractivity contribution in [3.8, 4) is 22.4 Å². The van der Waals surface area contributed by atoms with E-state index < -0.39 is 0 Å². The molecule has 0 spiro atoms. The number of pyridine rings is 2. The van der Waals surface area contributed by atoms with Crippen molar-refractivity contribution in [2.45, 2.75) is 6.42 Å². The van der Waals surface area contributed by atoms with Gasteiger partial charge in [-0.2, -0.15) is 0 Å². The van der Waals surface area contributed by atoms with Gasteiger partial charge in [-0.1, -0.05) is 24.3 Å². The number of benzene rings is 2. The van der Waals surface area contributed by atoms with Crippen LogP contribution in [0.4, 0.5) is 14.6 Å². The van der Waals surface area contributed by atoms with Crippen molar-refractivity contribution in [2.75, 3.05) is 5.32 Å². The van der Waals surface area contributed by atoms with Gasteiger partial charge in [0.05, 0.1) is 23.1 Å². The Labute approximate surface area is 188 Å². The molecular formula is C26H18F2N4O. The van der Waals surface area contributed by atoms with Crippen molar-refractivity contribution in [3.05, 3.63) is 102 Å². The molecular weight excluding hydrogens is 422 g/mol. The van der Waals surface area contributed by atoms with E-state index in [2.05, 4.69) is 20.3 Å². The van der Waals surface area contributed by atoms with Crippen LogP contribution in [0.3, 0.4) is 0 Å². The second-order valence-electron chi connectivity index (χ2n) is 7.57. The fourth-order valence-corrected chi connectivity index (χ4v) is 3.79. The van der Waals surface area contributed by atoms with Crippen LogP contribution in [0.2, 0.25) is 0 Å². The highest BCUT2D eigenvalue weighted by atomic mass is 19.1. The number of anilines is 1. The van der Waals surface area contributed by atoms with Gasteiger partial charge in [-0.3, -0.25) is 9.78 Å². The van der Waals surface area contributed by atoms with E-state index in [4.69, 9.17) is 0 Å². The smallest absolute Gasteiger partial charge is 0.229 e. The zero-order valence-electron chi connectivity index (χ0n) is 17.3. The molecule has 0 unspecified atom stereocenters. The van der Waals surface area contributed by atoms with Crippen LogP contribution in [-0.4, -0.2) is 20.9 Å². The molecule has 0 fully saturated rings. The van der Waals surface area contributed by atoms with Crippen molar-refractivity contribution >= 4 is 22.8 Å². The molecule has 33 heavy (non-hydrogen) atoms. The molecule has 5 nitrogen and oxygen atoms in total. The summed E-state index contributed by atoms with van der Waals surface area (Å²) in [6, 6.07) is 19.4. The Bertz CT molecular complexity index is 1460. The Kier molecular flexibility index (Phi) is 5.36. The summed E-state index contributed by atoms with van der Waals surface area (Å²) >= 11 is 0. The molecule has 0 aliphatic heterocycles. The molecule has 2 aromatic carbocycles. The van der Waals surface area contributed by atoms with Gasteiger partial charge in [-0.15, -0.1) is 0 Å². The summed E-state index contributed by atoms with van der Waals surface area (Å²) in [6.07, 6.45) is 3.38. The van der Waals surface area contributed by atoms with E-state index >= 15 is 0 Å². The van der Waals surface area contributed by atoms with Crippen molar-refractivity contribution in [1.29, 1.82) is 0 Å². The van der Waals surface area contributed by atoms with E-state index in [1.54, 1.807) is 36.7 Å². The van der Waals surface area contributed by atoms with Gasteiger partial charge in [0.25, 0.3) is 0 Å². The molecule has 0 aliphatic rings. The Morgan fingerprint density at radius 1 is 0.848 bits per heavy atom. The molecule has 162 valence electrons. The lowest BCUT2D eigenvalue weighted by atomic mass is 10.0. The maximum Gasteiger partial charge on any atom is 0.229 e. The van der Waals surface area contributed by atoms with Gasteiger partial charge in [-0.05, 0) is 59.7 Å². The monoisotopic (exact) mass is 440 g/mol. The summed E-state index contributed by atoms with van der Waals surface area (Å²) in [5, 5.41) is 2.78. The molecule has 0 bridgehead atoms. The first-order chi connectivity index (χ1) is 16.1. The van der Waals surface area contributed by atoms with Crippen molar-refractivity contribution < 1.29 is 13.6 Å². The second kappa shape index (κ2) is 8.63. The number of halogens is 2. The number of carbonyl (C=O) groups is 1. The van der Waals surface area contributed by atoms with Crippen molar-refractivity contribution in [2.24, 2.45) is 0 Å². The Morgan fingerprint density at radius 2 is 1.70 bits per heavy atom. The first kappa shape index (κ1) is 20.5. The molecule has 3 aromatic heterocycles. The second-order valence-corrected chi connectivity index (χ2v) is 7.57. The van der Waals surface area contributed by atoms with Gasteiger partial charge in [0, 0.05) is 23.5 Å². The van der Waals surface area contributed by atoms with Gasteiger partial charge in [0.1, 0.15) is 17.5 Å². The normalized spacial score (nSPS) is 11.0. The van der Waals surface area contributed by atoms with Crippen LogP contribution in [-0.2, 0) is 11.2 Å². The van der Waals surface area contributed by atoms with Gasteiger partial charge in [-0.25, -0.2) is 13.8 Å². The average molecular weight is 440 g/mol. The summed E-state index contributed by atoms with van der Waals surface area (Å²) in [5.41, 5.74) is 5.18. The van der Waals surface area contributed by atoms with E-state index in [9.17, 15) is 13.6 Å². The highest BCUT2D eigenvalue weighted by Gasteiger charge is 2.17. The van der Waals surface area contributed by atoms with Gasteiger partial charge in [0.2, 0.25) is 5.91 Å². The average Bonchev–Trinajstić information content (AvgIpc) is 3.20. The quantitative estimate of drug-likeness (QED) is 0.366.